The Kier molecular flexibility index (Phi) is 3.83. The topological polar surface area (TPSA) is 41.1 Å². The first-order valence-corrected chi connectivity index (χ1v) is 7.41. The van der Waals surface area contributed by atoms with Gasteiger partial charge < -0.3 is 10.6 Å². The molecule has 1 amide bonds. The molecule has 2 N–H and O–H groups in total. The lowest BCUT2D eigenvalue weighted by Gasteiger charge is -2.28. The Morgan fingerprint density at radius 2 is 2.05 bits per heavy atom. The largest absolute Gasteiger partial charge is 0.353 e. The van der Waals surface area contributed by atoms with E-state index in [2.05, 4.69) is 34.9 Å². The summed E-state index contributed by atoms with van der Waals surface area (Å²) in [6.07, 6.45) is 5.29. The molecule has 0 aromatic heterocycles. The minimum Gasteiger partial charge on any atom is -0.353 e. The van der Waals surface area contributed by atoms with Crippen molar-refractivity contribution < 1.29 is 4.79 Å². The number of fused-ring (bicyclic) bond motifs is 1. The fourth-order valence-corrected chi connectivity index (χ4v) is 3.22. The number of hydrogen-bond acceptors (Lipinski definition) is 2. The third-order valence-electron chi connectivity index (χ3n) is 4.36. The molecule has 3 nitrogen and oxygen atoms in total. The Balaban J connectivity index is 1.58. The fourth-order valence-electron chi connectivity index (χ4n) is 3.22. The molecule has 1 aliphatic carbocycles. The normalized spacial score (nSPS) is 26.5. The molecule has 2 aliphatic rings. The first kappa shape index (κ1) is 12.7. The Morgan fingerprint density at radius 1 is 1.21 bits per heavy atom. The second kappa shape index (κ2) is 5.74. The predicted octanol–water partition coefficient (Wildman–Crippen LogP) is 1.66. The Morgan fingerprint density at radius 3 is 2.84 bits per heavy atom. The average Bonchev–Trinajstić information content (AvgIpc) is 2.48. The summed E-state index contributed by atoms with van der Waals surface area (Å²) in [7, 11) is 0. The maximum atomic E-state index is 12.2. The molecule has 1 heterocycles. The van der Waals surface area contributed by atoms with Crippen LogP contribution in [0.2, 0.25) is 0 Å². The van der Waals surface area contributed by atoms with Crippen molar-refractivity contribution >= 4 is 5.91 Å². The smallest absolute Gasteiger partial charge is 0.224 e. The van der Waals surface area contributed by atoms with Gasteiger partial charge >= 0.3 is 0 Å². The summed E-state index contributed by atoms with van der Waals surface area (Å²) >= 11 is 0. The number of benzene rings is 1. The van der Waals surface area contributed by atoms with Gasteiger partial charge in [0.25, 0.3) is 0 Å². The van der Waals surface area contributed by atoms with Crippen LogP contribution in [-0.4, -0.2) is 25.0 Å². The van der Waals surface area contributed by atoms with Crippen molar-refractivity contribution in [1.82, 2.24) is 10.6 Å². The van der Waals surface area contributed by atoms with E-state index in [0.717, 1.165) is 45.2 Å². The molecule has 1 fully saturated rings. The van der Waals surface area contributed by atoms with Crippen LogP contribution in [0.25, 0.3) is 0 Å². The number of hydrogen-bond donors (Lipinski definition) is 2. The van der Waals surface area contributed by atoms with Gasteiger partial charge in [0, 0.05) is 12.6 Å². The molecule has 19 heavy (non-hydrogen) atoms. The summed E-state index contributed by atoms with van der Waals surface area (Å²) in [5, 5.41) is 6.56. The monoisotopic (exact) mass is 258 g/mol. The molecule has 0 radical (unpaired) electrons. The van der Waals surface area contributed by atoms with Crippen molar-refractivity contribution in [2.45, 2.75) is 38.1 Å². The van der Waals surface area contributed by atoms with Crippen molar-refractivity contribution in [3.63, 3.8) is 0 Å². The van der Waals surface area contributed by atoms with Crippen LogP contribution >= 0.6 is 0 Å². The molecule has 3 heteroatoms. The molecule has 1 aromatic rings. The molecule has 3 rings (SSSR count). The predicted molar refractivity (Wildman–Crippen MR) is 76.0 cm³/mol. The van der Waals surface area contributed by atoms with E-state index in [0.29, 0.717) is 6.04 Å². The maximum absolute atomic E-state index is 12.2. The number of piperidine rings is 1. The van der Waals surface area contributed by atoms with Gasteiger partial charge in [-0.2, -0.15) is 0 Å². The zero-order valence-corrected chi connectivity index (χ0v) is 11.3. The highest BCUT2D eigenvalue weighted by molar-refractivity contribution is 5.79. The van der Waals surface area contributed by atoms with Crippen molar-refractivity contribution in [3.8, 4) is 0 Å². The molecule has 1 aliphatic heterocycles. The number of amides is 1. The van der Waals surface area contributed by atoms with Gasteiger partial charge in [-0.15, -0.1) is 0 Å². The summed E-state index contributed by atoms with van der Waals surface area (Å²) in [6, 6.07) is 8.91. The second-order valence-electron chi connectivity index (χ2n) is 5.76. The van der Waals surface area contributed by atoms with Gasteiger partial charge in [0.1, 0.15) is 0 Å². The van der Waals surface area contributed by atoms with Crippen molar-refractivity contribution in [2.75, 3.05) is 13.1 Å². The number of carbonyl (C=O) groups excluding carboxylic acids is 1. The van der Waals surface area contributed by atoms with E-state index in [-0.39, 0.29) is 11.8 Å². The highest BCUT2D eigenvalue weighted by Gasteiger charge is 2.25. The molecule has 0 bridgehead atoms. The molecule has 0 spiro atoms. The Bertz CT molecular complexity index is 452. The zero-order chi connectivity index (χ0) is 13.1. The van der Waals surface area contributed by atoms with Crippen LogP contribution in [-0.2, 0) is 17.6 Å². The zero-order valence-electron chi connectivity index (χ0n) is 11.3. The van der Waals surface area contributed by atoms with Crippen LogP contribution in [0.4, 0.5) is 0 Å². The lowest BCUT2D eigenvalue weighted by Crippen LogP contribution is -2.46. The SMILES string of the molecule is O=C(NC1CCc2ccccc2C1)C1CCCNC1. The third-order valence-corrected chi connectivity index (χ3v) is 4.36. The van der Waals surface area contributed by atoms with E-state index in [1.54, 1.807) is 0 Å². The highest BCUT2D eigenvalue weighted by atomic mass is 16.2. The minimum absolute atomic E-state index is 0.172. The van der Waals surface area contributed by atoms with Crippen LogP contribution in [0, 0.1) is 5.92 Å². The van der Waals surface area contributed by atoms with Crippen LogP contribution < -0.4 is 10.6 Å². The maximum Gasteiger partial charge on any atom is 0.224 e. The molecule has 1 aromatic carbocycles. The van der Waals surface area contributed by atoms with E-state index in [1.165, 1.54) is 11.1 Å². The molecular weight excluding hydrogens is 236 g/mol. The average molecular weight is 258 g/mol. The Labute approximate surface area is 114 Å². The molecule has 2 atom stereocenters. The molecule has 2 unspecified atom stereocenters. The van der Waals surface area contributed by atoms with Gasteiger partial charge in [-0.25, -0.2) is 0 Å². The van der Waals surface area contributed by atoms with E-state index in [1.807, 2.05) is 0 Å². The van der Waals surface area contributed by atoms with Crippen molar-refractivity contribution in [1.29, 1.82) is 0 Å². The Hall–Kier alpha value is -1.35. The van der Waals surface area contributed by atoms with Crippen LogP contribution in [0.15, 0.2) is 24.3 Å². The van der Waals surface area contributed by atoms with Gasteiger partial charge in [0.05, 0.1) is 5.92 Å². The summed E-state index contributed by atoms with van der Waals surface area (Å²) in [5.74, 6) is 0.419. The van der Waals surface area contributed by atoms with Gasteiger partial charge in [0.2, 0.25) is 5.91 Å². The number of aryl methyl sites for hydroxylation is 1. The van der Waals surface area contributed by atoms with E-state index in [9.17, 15) is 4.79 Å². The molecule has 1 saturated heterocycles. The summed E-state index contributed by atoms with van der Waals surface area (Å²) in [6.45, 7) is 1.90. The van der Waals surface area contributed by atoms with Gasteiger partial charge in [-0.05, 0) is 49.8 Å². The summed E-state index contributed by atoms with van der Waals surface area (Å²) < 4.78 is 0. The lowest BCUT2D eigenvalue weighted by molar-refractivity contribution is -0.126. The van der Waals surface area contributed by atoms with Crippen molar-refractivity contribution in [3.05, 3.63) is 35.4 Å². The first-order chi connectivity index (χ1) is 9.33. The third kappa shape index (κ3) is 2.98. The van der Waals surface area contributed by atoms with Crippen LogP contribution in [0.1, 0.15) is 30.4 Å². The van der Waals surface area contributed by atoms with Crippen LogP contribution in [0.5, 0.6) is 0 Å². The second-order valence-corrected chi connectivity index (χ2v) is 5.76. The molecule has 102 valence electrons. The van der Waals surface area contributed by atoms with E-state index in [4.69, 9.17) is 0 Å². The van der Waals surface area contributed by atoms with Gasteiger partial charge in [-0.1, -0.05) is 24.3 Å². The lowest BCUT2D eigenvalue weighted by atomic mass is 9.88. The van der Waals surface area contributed by atoms with Crippen LogP contribution in [0.3, 0.4) is 0 Å². The van der Waals surface area contributed by atoms with Crippen molar-refractivity contribution in [2.24, 2.45) is 5.92 Å². The molecule has 0 saturated carbocycles. The van der Waals surface area contributed by atoms with E-state index < -0.39 is 0 Å². The standard InChI is InChI=1S/C16H22N2O/c19-16(14-6-3-9-17-11-14)18-15-8-7-12-4-1-2-5-13(12)10-15/h1-2,4-5,14-15,17H,3,6-11H2,(H,18,19). The molecular formula is C16H22N2O. The first-order valence-electron chi connectivity index (χ1n) is 7.41. The highest BCUT2D eigenvalue weighted by Crippen LogP contribution is 2.21. The minimum atomic E-state index is 0.172. The fraction of sp³-hybridized carbons (Fsp3) is 0.562. The number of nitrogens with one attached hydrogen (secondary N) is 2. The van der Waals surface area contributed by atoms with E-state index >= 15 is 0 Å². The summed E-state index contributed by atoms with van der Waals surface area (Å²) in [5.41, 5.74) is 2.85. The quantitative estimate of drug-likeness (QED) is 0.847. The van der Waals surface area contributed by atoms with Gasteiger partial charge in [0.15, 0.2) is 0 Å². The van der Waals surface area contributed by atoms with Gasteiger partial charge in [-0.3, -0.25) is 4.79 Å². The summed E-state index contributed by atoms with van der Waals surface area (Å²) in [4.78, 5) is 12.2. The number of rotatable bonds is 2. The number of carbonyl (C=O) groups is 1.